The van der Waals surface area contributed by atoms with Gasteiger partial charge in [-0.15, -0.1) is 11.3 Å². The zero-order chi connectivity index (χ0) is 19.6. The van der Waals surface area contributed by atoms with Crippen molar-refractivity contribution in [3.63, 3.8) is 0 Å². The number of nitrogens with zero attached hydrogens (tertiary/aromatic N) is 4. The lowest BCUT2D eigenvalue weighted by Gasteiger charge is -2.40. The highest BCUT2D eigenvalue weighted by Crippen LogP contribution is 2.39. The fourth-order valence-corrected chi connectivity index (χ4v) is 5.63. The van der Waals surface area contributed by atoms with Gasteiger partial charge in [0.05, 0.1) is 5.39 Å². The summed E-state index contributed by atoms with van der Waals surface area (Å²) in [4.78, 5) is 15.2. The third-order valence-corrected chi connectivity index (χ3v) is 7.34. The summed E-state index contributed by atoms with van der Waals surface area (Å²) >= 11 is 1.71. The summed E-state index contributed by atoms with van der Waals surface area (Å²) in [5, 5.41) is 7.12. The first-order valence-electron chi connectivity index (χ1n) is 10.7. The fraction of sp³-hybridized carbons (Fsp3) is 0.478. The molecule has 152 valence electrons. The van der Waals surface area contributed by atoms with Crippen molar-refractivity contribution in [2.24, 2.45) is 5.92 Å². The molecular weight excluding hydrogens is 378 g/mol. The maximum absolute atomic E-state index is 4.67. The number of benzene rings is 1. The van der Waals surface area contributed by atoms with Crippen LogP contribution in [0.25, 0.3) is 21.3 Å². The number of fused-ring (bicyclic) bond motifs is 1. The first-order chi connectivity index (χ1) is 14.3. The Bertz CT molecular complexity index is 950. The van der Waals surface area contributed by atoms with Crippen molar-refractivity contribution in [1.82, 2.24) is 20.2 Å². The van der Waals surface area contributed by atoms with Gasteiger partial charge in [-0.3, -0.25) is 0 Å². The Labute approximate surface area is 176 Å². The van der Waals surface area contributed by atoms with Crippen molar-refractivity contribution in [2.75, 3.05) is 44.7 Å². The number of thiophene rings is 1. The lowest BCUT2D eigenvalue weighted by Crippen LogP contribution is -2.51. The molecule has 0 saturated carbocycles. The fourth-order valence-electron chi connectivity index (χ4n) is 4.72. The maximum atomic E-state index is 4.67. The number of nitrogens with one attached hydrogen (secondary N) is 1. The van der Waals surface area contributed by atoms with Crippen LogP contribution in [-0.4, -0.2) is 60.7 Å². The lowest BCUT2D eigenvalue weighted by atomic mass is 9.98. The highest BCUT2D eigenvalue weighted by molar-refractivity contribution is 7.17. The average Bonchev–Trinajstić information content (AvgIpc) is 3.33. The van der Waals surface area contributed by atoms with E-state index in [2.05, 4.69) is 67.8 Å². The van der Waals surface area contributed by atoms with Crippen molar-refractivity contribution < 1.29 is 0 Å². The van der Waals surface area contributed by atoms with Crippen LogP contribution in [0.1, 0.15) is 19.3 Å². The van der Waals surface area contributed by atoms with Crippen molar-refractivity contribution in [1.29, 1.82) is 0 Å². The first kappa shape index (κ1) is 19.0. The van der Waals surface area contributed by atoms with E-state index in [1.165, 1.54) is 42.3 Å². The second-order valence-electron chi connectivity index (χ2n) is 8.43. The second-order valence-corrected chi connectivity index (χ2v) is 9.29. The molecule has 0 aliphatic carbocycles. The maximum Gasteiger partial charge on any atom is 0.141 e. The van der Waals surface area contributed by atoms with E-state index in [0.717, 1.165) is 42.9 Å². The molecule has 6 heteroatoms. The molecule has 0 amide bonds. The molecule has 0 spiro atoms. The molecule has 5 nitrogen and oxygen atoms in total. The van der Waals surface area contributed by atoms with Crippen LogP contribution in [0.5, 0.6) is 0 Å². The van der Waals surface area contributed by atoms with Crippen molar-refractivity contribution in [3.05, 3.63) is 42.0 Å². The predicted octanol–water partition coefficient (Wildman–Crippen LogP) is 3.87. The average molecular weight is 408 g/mol. The van der Waals surface area contributed by atoms with Crippen LogP contribution >= 0.6 is 11.3 Å². The number of aromatic nitrogens is 2. The van der Waals surface area contributed by atoms with Gasteiger partial charge < -0.3 is 15.1 Å². The highest BCUT2D eigenvalue weighted by Gasteiger charge is 2.30. The molecule has 2 aliphatic rings. The Kier molecular flexibility index (Phi) is 5.48. The van der Waals surface area contributed by atoms with Gasteiger partial charge in [0.15, 0.2) is 0 Å². The Hall–Kier alpha value is -2.02. The Morgan fingerprint density at radius 2 is 2.03 bits per heavy atom. The predicted molar refractivity (Wildman–Crippen MR) is 122 cm³/mol. The van der Waals surface area contributed by atoms with Gasteiger partial charge in [0.25, 0.3) is 0 Å². The molecule has 4 heterocycles. The van der Waals surface area contributed by atoms with Crippen LogP contribution in [-0.2, 0) is 0 Å². The van der Waals surface area contributed by atoms with Gasteiger partial charge in [-0.2, -0.15) is 0 Å². The molecule has 1 unspecified atom stereocenters. The zero-order valence-corrected chi connectivity index (χ0v) is 17.9. The Balaban J connectivity index is 1.20. The molecule has 29 heavy (non-hydrogen) atoms. The van der Waals surface area contributed by atoms with Crippen LogP contribution in [0.3, 0.4) is 0 Å². The molecule has 0 radical (unpaired) electrons. The quantitative estimate of drug-likeness (QED) is 0.603. The number of hydrogen-bond acceptors (Lipinski definition) is 6. The van der Waals surface area contributed by atoms with Gasteiger partial charge in [0, 0.05) is 42.5 Å². The van der Waals surface area contributed by atoms with E-state index in [1.807, 2.05) is 0 Å². The number of likely N-dealkylation sites (tertiary alicyclic amines) is 1. The van der Waals surface area contributed by atoms with Crippen LogP contribution in [0, 0.1) is 5.92 Å². The standard InChI is InChI=1S/C23H29N5S/c1-27-11-5-8-19(27)9-10-24-12-17-13-28(14-17)22-21-20(18-6-3-2-4-7-18)15-29-23(21)26-16-25-22/h2-4,6-7,15-17,19,24H,5,8-14H2,1H3. The largest absolute Gasteiger partial charge is 0.355 e. The summed E-state index contributed by atoms with van der Waals surface area (Å²) < 4.78 is 0. The number of anilines is 1. The molecule has 3 aromatic rings. The monoisotopic (exact) mass is 407 g/mol. The molecule has 1 N–H and O–H groups in total. The minimum atomic E-state index is 0.708. The van der Waals surface area contributed by atoms with Crippen molar-refractivity contribution in [2.45, 2.75) is 25.3 Å². The van der Waals surface area contributed by atoms with Gasteiger partial charge in [-0.25, -0.2) is 9.97 Å². The van der Waals surface area contributed by atoms with Crippen LogP contribution in [0.2, 0.25) is 0 Å². The van der Waals surface area contributed by atoms with Crippen LogP contribution in [0.4, 0.5) is 5.82 Å². The van der Waals surface area contributed by atoms with Crippen molar-refractivity contribution in [3.8, 4) is 11.1 Å². The topological polar surface area (TPSA) is 44.3 Å². The van der Waals surface area contributed by atoms with Crippen LogP contribution in [0.15, 0.2) is 42.0 Å². The summed E-state index contributed by atoms with van der Waals surface area (Å²) in [5.74, 6) is 1.80. The summed E-state index contributed by atoms with van der Waals surface area (Å²) in [5.41, 5.74) is 2.49. The smallest absolute Gasteiger partial charge is 0.141 e. The second kappa shape index (κ2) is 8.38. The molecule has 2 saturated heterocycles. The number of hydrogen-bond donors (Lipinski definition) is 1. The molecule has 1 aromatic carbocycles. The van der Waals surface area contributed by atoms with E-state index in [1.54, 1.807) is 17.7 Å². The van der Waals surface area contributed by atoms with Gasteiger partial charge in [0.1, 0.15) is 17.0 Å². The molecule has 2 aromatic heterocycles. The Morgan fingerprint density at radius 3 is 2.83 bits per heavy atom. The lowest BCUT2D eigenvalue weighted by molar-refractivity contribution is 0.289. The van der Waals surface area contributed by atoms with E-state index < -0.39 is 0 Å². The van der Waals surface area contributed by atoms with E-state index in [9.17, 15) is 0 Å². The molecule has 1 atom stereocenters. The molecule has 5 rings (SSSR count). The van der Waals surface area contributed by atoms with E-state index in [0.29, 0.717) is 5.92 Å². The number of rotatable bonds is 7. The summed E-state index contributed by atoms with van der Waals surface area (Å²) in [6.07, 6.45) is 5.71. The molecule has 2 aliphatic heterocycles. The summed E-state index contributed by atoms with van der Waals surface area (Å²) in [7, 11) is 2.26. The highest BCUT2D eigenvalue weighted by atomic mass is 32.1. The van der Waals surface area contributed by atoms with Crippen LogP contribution < -0.4 is 10.2 Å². The minimum Gasteiger partial charge on any atom is -0.355 e. The summed E-state index contributed by atoms with van der Waals surface area (Å²) in [6, 6.07) is 11.4. The van der Waals surface area contributed by atoms with Gasteiger partial charge in [0.2, 0.25) is 0 Å². The Morgan fingerprint density at radius 1 is 1.17 bits per heavy atom. The SMILES string of the molecule is CN1CCCC1CCNCC1CN(c2ncnc3scc(-c4ccccc4)c23)C1. The molecule has 0 bridgehead atoms. The summed E-state index contributed by atoms with van der Waals surface area (Å²) in [6.45, 7) is 5.66. The third kappa shape index (κ3) is 3.89. The van der Waals surface area contributed by atoms with Gasteiger partial charge in [-0.1, -0.05) is 30.3 Å². The van der Waals surface area contributed by atoms with E-state index in [4.69, 9.17) is 0 Å². The molecular formula is C23H29N5S. The van der Waals surface area contributed by atoms with E-state index >= 15 is 0 Å². The van der Waals surface area contributed by atoms with E-state index in [-0.39, 0.29) is 0 Å². The third-order valence-electron chi connectivity index (χ3n) is 6.45. The van der Waals surface area contributed by atoms with Gasteiger partial charge >= 0.3 is 0 Å². The van der Waals surface area contributed by atoms with Gasteiger partial charge in [-0.05, 0) is 45.0 Å². The molecule has 2 fully saturated rings. The van der Waals surface area contributed by atoms with Crippen molar-refractivity contribution >= 4 is 27.4 Å². The minimum absolute atomic E-state index is 0.708. The first-order valence-corrected chi connectivity index (χ1v) is 11.6. The zero-order valence-electron chi connectivity index (χ0n) is 17.1. The normalized spacial score (nSPS) is 20.4.